The predicted molar refractivity (Wildman–Crippen MR) is 146 cm³/mol. The molecule has 0 aromatic carbocycles. The maximum absolute atomic E-state index is 12.4. The molecule has 4 aliphatic carbocycles. The Morgan fingerprint density at radius 3 is 2.43 bits per heavy atom. The molecule has 2 aliphatic heterocycles. The second-order valence-corrected chi connectivity index (χ2v) is 14.4. The number of carbonyl (C=O) groups excluding carboxylic acids is 1. The Balaban J connectivity index is 1.50. The number of nitrogens with zero attached hydrogens (tertiary/aromatic N) is 2. The number of rotatable bonds is 3. The predicted octanol–water partition coefficient (Wildman–Crippen LogP) is 4.61. The number of aliphatic hydroxyl groups is 1. The molecule has 0 bridgehead atoms. The van der Waals surface area contributed by atoms with Gasteiger partial charge in [0, 0.05) is 38.4 Å². The summed E-state index contributed by atoms with van der Waals surface area (Å²) in [6, 6.07) is 0. The molecule has 6 rings (SSSR count). The zero-order valence-corrected chi connectivity index (χ0v) is 24.0. The van der Waals surface area contributed by atoms with Crippen LogP contribution in [0.5, 0.6) is 0 Å². The van der Waals surface area contributed by atoms with Gasteiger partial charge in [-0.25, -0.2) is 0 Å². The highest BCUT2D eigenvalue weighted by atomic mass is 16.5. The first-order valence-corrected chi connectivity index (χ1v) is 15.8. The number of β-amino-alcohol motifs (C(OH)–C–C–N with tert-alkyl or cyclic N) is 1. The van der Waals surface area contributed by atoms with Crippen LogP contribution in [0.4, 0.5) is 0 Å². The van der Waals surface area contributed by atoms with Crippen LogP contribution in [0, 0.1) is 40.4 Å². The van der Waals surface area contributed by atoms with Gasteiger partial charge in [0.1, 0.15) is 12.3 Å². The first kappa shape index (κ1) is 26.5. The number of hydrogen-bond acceptors (Lipinski definition) is 6. The molecule has 0 aromatic heterocycles. The Hall–Kier alpha value is -0.690. The maximum atomic E-state index is 12.4. The van der Waals surface area contributed by atoms with Gasteiger partial charge in [-0.1, -0.05) is 33.6 Å². The van der Waals surface area contributed by atoms with Crippen LogP contribution < -0.4 is 5.32 Å². The van der Waals surface area contributed by atoms with Crippen LogP contribution >= 0.6 is 0 Å². The van der Waals surface area contributed by atoms with E-state index in [1.807, 2.05) is 0 Å². The summed E-state index contributed by atoms with van der Waals surface area (Å²) >= 11 is 0. The van der Waals surface area contributed by atoms with E-state index in [-0.39, 0.29) is 23.2 Å². The summed E-state index contributed by atoms with van der Waals surface area (Å²) in [7, 11) is 0. The number of hydrogen-bond donors (Lipinski definition) is 2. The summed E-state index contributed by atoms with van der Waals surface area (Å²) in [5, 5.41) is 14.2. The van der Waals surface area contributed by atoms with Gasteiger partial charge in [0.15, 0.2) is 0 Å². The van der Waals surface area contributed by atoms with E-state index in [4.69, 9.17) is 4.74 Å². The number of ether oxygens (including phenoxy) is 1. The number of nitrogens with one attached hydrogen (secondary N) is 1. The average molecular weight is 516 g/mol. The number of aliphatic hydroxyl groups excluding tert-OH is 1. The van der Waals surface area contributed by atoms with Crippen molar-refractivity contribution in [1.29, 1.82) is 0 Å². The highest BCUT2D eigenvalue weighted by Gasteiger charge is 2.71. The minimum Gasteiger partial charge on any atom is -0.462 e. The van der Waals surface area contributed by atoms with Crippen LogP contribution in [0.15, 0.2) is 0 Å². The quantitative estimate of drug-likeness (QED) is 0.535. The van der Waals surface area contributed by atoms with Crippen molar-refractivity contribution in [3.8, 4) is 0 Å². The molecule has 6 aliphatic rings. The van der Waals surface area contributed by atoms with Crippen molar-refractivity contribution >= 4 is 5.97 Å². The first-order chi connectivity index (χ1) is 17.7. The zero-order valence-electron chi connectivity index (χ0n) is 24.0. The highest BCUT2D eigenvalue weighted by molar-refractivity contribution is 5.66. The number of fused-ring (bicyclic) bond motifs is 5. The summed E-state index contributed by atoms with van der Waals surface area (Å²) in [5.74, 6) is 3.16. The van der Waals surface area contributed by atoms with Crippen LogP contribution in [-0.4, -0.2) is 71.6 Å². The van der Waals surface area contributed by atoms with Crippen LogP contribution in [0.1, 0.15) is 98.3 Å². The molecule has 0 aromatic rings. The van der Waals surface area contributed by atoms with Gasteiger partial charge < -0.3 is 9.84 Å². The standard InChI is InChI=1S/C31H53N3O3/c1-21-24-11-10-23-25-9-8-13-29(25,3)14-12-26(23)30(24,4)31(19-27(21)37-22(2)35,33-16-6-5-7-17-33)34-18-15-32-28(36)20-34/h21,23-28,32,36H,5-20H2,1-4H3/t21?,23?,24?,25?,26?,27?,28-,29-,30-,31?/m0/s1. The minimum atomic E-state index is -0.493. The van der Waals surface area contributed by atoms with E-state index in [1.165, 1.54) is 64.2 Å². The molecule has 37 heavy (non-hydrogen) atoms. The molecule has 2 saturated heterocycles. The molecule has 7 unspecified atom stereocenters. The molecule has 0 spiro atoms. The van der Waals surface area contributed by atoms with Crippen molar-refractivity contribution in [2.45, 2.75) is 116 Å². The van der Waals surface area contributed by atoms with Crippen molar-refractivity contribution < 1.29 is 14.6 Å². The van der Waals surface area contributed by atoms with Gasteiger partial charge in [-0.15, -0.1) is 0 Å². The SMILES string of the molecule is CC(=O)OC1CC(N2CCCCC2)(N2CCN[C@@H](O)C2)[C@@]2(C)C(CCC3C4CCC[C@@]4(C)CCC32)C1C. The van der Waals surface area contributed by atoms with Crippen LogP contribution in [0.25, 0.3) is 0 Å². The van der Waals surface area contributed by atoms with E-state index in [1.54, 1.807) is 6.92 Å². The van der Waals surface area contributed by atoms with Crippen molar-refractivity contribution in [3.05, 3.63) is 0 Å². The second kappa shape index (κ2) is 9.74. The summed E-state index contributed by atoms with van der Waals surface area (Å²) in [6.45, 7) is 14.0. The lowest BCUT2D eigenvalue weighted by atomic mass is 9.40. The van der Waals surface area contributed by atoms with Gasteiger partial charge in [-0.3, -0.25) is 19.9 Å². The third-order valence-corrected chi connectivity index (χ3v) is 13.0. The molecular weight excluding hydrogens is 462 g/mol. The molecule has 4 saturated carbocycles. The molecule has 6 nitrogen and oxygen atoms in total. The van der Waals surface area contributed by atoms with Gasteiger partial charge in [0.25, 0.3) is 0 Å². The lowest BCUT2D eigenvalue weighted by Crippen LogP contribution is -2.80. The number of piperidine rings is 1. The topological polar surface area (TPSA) is 65.0 Å². The number of likely N-dealkylation sites (tertiary alicyclic amines) is 1. The highest BCUT2D eigenvalue weighted by Crippen LogP contribution is 2.70. The van der Waals surface area contributed by atoms with Crippen molar-refractivity contribution in [2.75, 3.05) is 32.7 Å². The fourth-order valence-electron chi connectivity index (χ4n) is 11.6. The van der Waals surface area contributed by atoms with Gasteiger partial charge in [-0.05, 0) is 99.5 Å². The summed E-state index contributed by atoms with van der Waals surface area (Å²) in [4.78, 5) is 18.0. The fraction of sp³-hybridized carbons (Fsp3) is 0.968. The Kier molecular flexibility index (Phi) is 6.99. The molecule has 0 radical (unpaired) electrons. The smallest absolute Gasteiger partial charge is 0.302 e. The van der Waals surface area contributed by atoms with E-state index >= 15 is 0 Å². The number of piperazine rings is 1. The van der Waals surface area contributed by atoms with Crippen molar-refractivity contribution in [2.24, 2.45) is 40.4 Å². The second-order valence-electron chi connectivity index (χ2n) is 14.4. The van der Waals surface area contributed by atoms with Gasteiger partial charge in [0.05, 0.1) is 5.66 Å². The average Bonchev–Trinajstić information content (AvgIpc) is 3.28. The monoisotopic (exact) mass is 515 g/mol. The molecule has 6 heteroatoms. The Labute approximate surface area is 225 Å². The third-order valence-electron chi connectivity index (χ3n) is 13.0. The first-order valence-electron chi connectivity index (χ1n) is 15.8. The van der Waals surface area contributed by atoms with Crippen LogP contribution in [-0.2, 0) is 9.53 Å². The van der Waals surface area contributed by atoms with E-state index in [2.05, 4.69) is 35.9 Å². The number of carbonyl (C=O) groups is 1. The lowest BCUT2D eigenvalue weighted by molar-refractivity contribution is -0.284. The number of esters is 1. The van der Waals surface area contributed by atoms with Crippen LogP contribution in [0.2, 0.25) is 0 Å². The lowest BCUT2D eigenvalue weighted by Gasteiger charge is -2.73. The van der Waals surface area contributed by atoms with E-state index in [0.717, 1.165) is 44.4 Å². The summed E-state index contributed by atoms with van der Waals surface area (Å²) in [5.41, 5.74) is 0.484. The molecule has 2 N–H and O–H groups in total. The molecule has 10 atom stereocenters. The Morgan fingerprint density at radius 2 is 1.70 bits per heavy atom. The maximum Gasteiger partial charge on any atom is 0.302 e. The largest absolute Gasteiger partial charge is 0.462 e. The molecule has 2 heterocycles. The molecule has 210 valence electrons. The molecular formula is C31H53N3O3. The van der Waals surface area contributed by atoms with E-state index < -0.39 is 6.23 Å². The Bertz CT molecular complexity index is 863. The molecule has 6 fully saturated rings. The zero-order chi connectivity index (χ0) is 26.0. The van der Waals surface area contributed by atoms with Gasteiger partial charge in [0.2, 0.25) is 0 Å². The Morgan fingerprint density at radius 1 is 0.919 bits per heavy atom. The van der Waals surface area contributed by atoms with Gasteiger partial charge in [-0.2, -0.15) is 0 Å². The van der Waals surface area contributed by atoms with Crippen molar-refractivity contribution in [3.63, 3.8) is 0 Å². The van der Waals surface area contributed by atoms with E-state index in [0.29, 0.717) is 29.7 Å². The summed E-state index contributed by atoms with van der Waals surface area (Å²) < 4.78 is 6.21. The third kappa shape index (κ3) is 3.97. The normalized spacial score (nSPS) is 51.1. The fourth-order valence-corrected chi connectivity index (χ4v) is 11.6. The van der Waals surface area contributed by atoms with Crippen molar-refractivity contribution in [1.82, 2.24) is 15.1 Å². The summed E-state index contributed by atoms with van der Waals surface area (Å²) in [6.07, 6.45) is 13.7. The minimum absolute atomic E-state index is 0.0542. The van der Waals surface area contributed by atoms with Gasteiger partial charge >= 0.3 is 5.97 Å². The molecule has 0 amide bonds. The van der Waals surface area contributed by atoms with E-state index in [9.17, 15) is 9.90 Å². The van der Waals surface area contributed by atoms with Crippen LogP contribution in [0.3, 0.4) is 0 Å².